The van der Waals surface area contributed by atoms with E-state index in [0.717, 1.165) is 36.6 Å². The van der Waals surface area contributed by atoms with Crippen molar-refractivity contribution in [2.45, 2.75) is 25.4 Å². The Kier molecular flexibility index (Phi) is 5.14. The maximum absolute atomic E-state index is 11.3. The average Bonchev–Trinajstić information content (AvgIpc) is 3.11. The average molecular weight is 341 g/mol. The molecular formula is C18H23N5O2. The zero-order valence-electron chi connectivity index (χ0n) is 14.3. The van der Waals surface area contributed by atoms with Crippen LogP contribution in [-0.2, 0) is 6.54 Å². The van der Waals surface area contributed by atoms with E-state index in [9.17, 15) is 9.90 Å². The summed E-state index contributed by atoms with van der Waals surface area (Å²) in [5, 5.41) is 9.51. The van der Waals surface area contributed by atoms with Crippen molar-refractivity contribution < 1.29 is 9.90 Å². The van der Waals surface area contributed by atoms with Crippen molar-refractivity contribution in [3.05, 3.63) is 47.8 Å². The number of anilines is 2. The Balaban J connectivity index is 1.76. The quantitative estimate of drug-likeness (QED) is 0.819. The number of benzene rings is 1. The van der Waals surface area contributed by atoms with Crippen LogP contribution in [0.3, 0.4) is 0 Å². The Hall–Kier alpha value is -2.67. The maximum atomic E-state index is 11.3. The number of hydrogen-bond acceptors (Lipinski definition) is 6. The predicted octanol–water partition coefficient (Wildman–Crippen LogP) is 1.17. The lowest BCUT2D eigenvalue weighted by Gasteiger charge is -2.25. The van der Waals surface area contributed by atoms with E-state index >= 15 is 0 Å². The second kappa shape index (κ2) is 7.48. The summed E-state index contributed by atoms with van der Waals surface area (Å²) in [6.07, 6.45) is 3.58. The third kappa shape index (κ3) is 3.88. The highest BCUT2D eigenvalue weighted by atomic mass is 16.3. The van der Waals surface area contributed by atoms with E-state index in [0.29, 0.717) is 12.1 Å². The van der Waals surface area contributed by atoms with Crippen LogP contribution in [0.25, 0.3) is 0 Å². The lowest BCUT2D eigenvalue weighted by Crippen LogP contribution is -2.33. The molecule has 1 atom stereocenters. The number of primary amides is 1. The van der Waals surface area contributed by atoms with Crippen molar-refractivity contribution in [1.29, 1.82) is 0 Å². The molecule has 1 aromatic heterocycles. The summed E-state index contributed by atoms with van der Waals surface area (Å²) in [6.45, 7) is 1.63. The molecule has 2 aromatic rings. The van der Waals surface area contributed by atoms with Crippen molar-refractivity contribution in [1.82, 2.24) is 9.97 Å². The molecule has 0 bridgehead atoms. The third-order valence-electron chi connectivity index (χ3n) is 4.54. The number of aliphatic hydroxyl groups is 1. The van der Waals surface area contributed by atoms with Gasteiger partial charge in [-0.15, -0.1) is 0 Å². The van der Waals surface area contributed by atoms with E-state index in [1.165, 1.54) is 0 Å². The Morgan fingerprint density at radius 1 is 1.40 bits per heavy atom. The smallest absolute Gasteiger partial charge is 0.248 e. The van der Waals surface area contributed by atoms with Gasteiger partial charge in [-0.3, -0.25) is 4.79 Å². The lowest BCUT2D eigenvalue weighted by molar-refractivity contribution is 0.1000. The molecular weight excluding hydrogens is 318 g/mol. The van der Waals surface area contributed by atoms with Crippen LogP contribution in [0.5, 0.6) is 0 Å². The number of aromatic nitrogens is 2. The summed E-state index contributed by atoms with van der Waals surface area (Å²) in [5.74, 6) is 1.19. The van der Waals surface area contributed by atoms with Gasteiger partial charge in [0, 0.05) is 31.8 Å². The standard InChI is InChI=1S/C18H23N5O2/c1-22(10-13-4-2-5-14(8-13)18(19)25)16-9-17(21-12-20-16)23-7-3-6-15(23)11-24/h2,4-5,8-9,12,15,24H,3,6-7,10-11H2,1H3,(H2,19,25). The largest absolute Gasteiger partial charge is 0.394 e. The van der Waals surface area contributed by atoms with Gasteiger partial charge in [0.25, 0.3) is 0 Å². The van der Waals surface area contributed by atoms with E-state index in [1.807, 2.05) is 30.1 Å². The van der Waals surface area contributed by atoms with Crippen LogP contribution in [0.4, 0.5) is 11.6 Å². The number of nitrogens with two attached hydrogens (primary N) is 1. The summed E-state index contributed by atoms with van der Waals surface area (Å²) >= 11 is 0. The fourth-order valence-corrected chi connectivity index (χ4v) is 3.21. The van der Waals surface area contributed by atoms with Gasteiger partial charge in [-0.05, 0) is 30.5 Å². The van der Waals surface area contributed by atoms with Crippen LogP contribution in [0, 0.1) is 0 Å². The van der Waals surface area contributed by atoms with E-state index in [1.54, 1.807) is 18.5 Å². The first-order valence-corrected chi connectivity index (χ1v) is 8.38. The molecule has 7 heteroatoms. The second-order valence-corrected chi connectivity index (χ2v) is 6.33. The van der Waals surface area contributed by atoms with Gasteiger partial charge in [-0.1, -0.05) is 12.1 Å². The van der Waals surface area contributed by atoms with Crippen LogP contribution in [0.1, 0.15) is 28.8 Å². The van der Waals surface area contributed by atoms with Gasteiger partial charge in [0.05, 0.1) is 12.6 Å². The summed E-state index contributed by atoms with van der Waals surface area (Å²) < 4.78 is 0. The number of rotatable bonds is 6. The number of amides is 1. The van der Waals surface area contributed by atoms with Gasteiger partial charge >= 0.3 is 0 Å². The first-order chi connectivity index (χ1) is 12.1. The van der Waals surface area contributed by atoms with Gasteiger partial charge in [0.15, 0.2) is 0 Å². The summed E-state index contributed by atoms with van der Waals surface area (Å²) in [7, 11) is 1.94. The van der Waals surface area contributed by atoms with E-state index in [-0.39, 0.29) is 12.6 Å². The van der Waals surface area contributed by atoms with Crippen LogP contribution in [0.15, 0.2) is 36.7 Å². The molecule has 132 valence electrons. The van der Waals surface area contributed by atoms with E-state index < -0.39 is 5.91 Å². The van der Waals surface area contributed by atoms with Gasteiger partial charge in [0.2, 0.25) is 5.91 Å². The van der Waals surface area contributed by atoms with Crippen LogP contribution < -0.4 is 15.5 Å². The highest BCUT2D eigenvalue weighted by molar-refractivity contribution is 5.92. The molecule has 2 heterocycles. The van der Waals surface area contributed by atoms with Crippen molar-refractivity contribution in [2.75, 3.05) is 30.0 Å². The molecule has 3 rings (SSSR count). The Bertz CT molecular complexity index is 752. The lowest BCUT2D eigenvalue weighted by atomic mass is 10.1. The molecule has 1 saturated heterocycles. The molecule has 0 radical (unpaired) electrons. The van der Waals surface area contributed by atoms with Crippen molar-refractivity contribution >= 4 is 17.5 Å². The number of hydrogen-bond donors (Lipinski definition) is 2. The molecule has 1 unspecified atom stereocenters. The molecule has 25 heavy (non-hydrogen) atoms. The van der Waals surface area contributed by atoms with Crippen molar-refractivity contribution in [3.63, 3.8) is 0 Å². The zero-order valence-corrected chi connectivity index (χ0v) is 14.3. The minimum atomic E-state index is -0.432. The molecule has 0 saturated carbocycles. The first-order valence-electron chi connectivity index (χ1n) is 8.38. The van der Waals surface area contributed by atoms with E-state index in [2.05, 4.69) is 14.9 Å². The summed E-state index contributed by atoms with van der Waals surface area (Å²) in [5.41, 5.74) is 6.82. The van der Waals surface area contributed by atoms with Gasteiger partial charge in [-0.2, -0.15) is 0 Å². The normalized spacial score (nSPS) is 16.9. The van der Waals surface area contributed by atoms with Gasteiger partial charge in [0.1, 0.15) is 18.0 Å². The molecule has 1 amide bonds. The highest BCUT2D eigenvalue weighted by Gasteiger charge is 2.25. The fraction of sp³-hybridized carbons (Fsp3) is 0.389. The summed E-state index contributed by atoms with van der Waals surface area (Å²) in [6, 6.07) is 9.34. The van der Waals surface area contributed by atoms with Crippen LogP contribution in [-0.4, -0.2) is 47.2 Å². The maximum Gasteiger partial charge on any atom is 0.248 e. The monoisotopic (exact) mass is 341 g/mol. The highest BCUT2D eigenvalue weighted by Crippen LogP contribution is 2.25. The third-order valence-corrected chi connectivity index (χ3v) is 4.54. The van der Waals surface area contributed by atoms with E-state index in [4.69, 9.17) is 5.73 Å². The minimum Gasteiger partial charge on any atom is -0.394 e. The van der Waals surface area contributed by atoms with Crippen LogP contribution in [0.2, 0.25) is 0 Å². The molecule has 1 fully saturated rings. The van der Waals surface area contributed by atoms with Crippen LogP contribution >= 0.6 is 0 Å². The Labute approximate surface area is 147 Å². The molecule has 1 aliphatic heterocycles. The SMILES string of the molecule is CN(Cc1cccc(C(N)=O)c1)c1cc(N2CCCC2CO)ncn1. The zero-order chi connectivity index (χ0) is 17.8. The first kappa shape index (κ1) is 17.2. The van der Waals surface area contributed by atoms with Gasteiger partial charge < -0.3 is 20.6 Å². The fourth-order valence-electron chi connectivity index (χ4n) is 3.21. The van der Waals surface area contributed by atoms with Gasteiger partial charge in [-0.25, -0.2) is 9.97 Å². The topological polar surface area (TPSA) is 95.6 Å². The number of carbonyl (C=O) groups excluding carboxylic acids is 1. The molecule has 3 N–H and O–H groups in total. The number of nitrogens with zero attached hydrogens (tertiary/aromatic N) is 4. The Morgan fingerprint density at radius 2 is 2.24 bits per heavy atom. The molecule has 0 spiro atoms. The predicted molar refractivity (Wildman–Crippen MR) is 96.6 cm³/mol. The van der Waals surface area contributed by atoms with Crippen molar-refractivity contribution in [3.8, 4) is 0 Å². The number of aliphatic hydroxyl groups excluding tert-OH is 1. The molecule has 1 aliphatic rings. The molecule has 0 aliphatic carbocycles. The number of carbonyl (C=O) groups is 1. The van der Waals surface area contributed by atoms with Crippen molar-refractivity contribution in [2.24, 2.45) is 5.73 Å². The summed E-state index contributed by atoms with van der Waals surface area (Å²) in [4.78, 5) is 24.2. The molecule has 1 aromatic carbocycles. The Morgan fingerprint density at radius 3 is 3.00 bits per heavy atom. The molecule has 7 nitrogen and oxygen atoms in total. The second-order valence-electron chi connectivity index (χ2n) is 6.33. The minimum absolute atomic E-state index is 0.125.